The van der Waals surface area contributed by atoms with E-state index in [4.69, 9.17) is 5.73 Å². The summed E-state index contributed by atoms with van der Waals surface area (Å²) in [6, 6.07) is -0.545. The monoisotopic (exact) mass is 253 g/mol. The van der Waals surface area contributed by atoms with Gasteiger partial charge in [0.05, 0.1) is 0 Å². The van der Waals surface area contributed by atoms with Crippen molar-refractivity contribution < 1.29 is 9.59 Å². The Morgan fingerprint density at radius 2 is 1.89 bits per heavy atom. The second kappa shape index (κ2) is 5.59. The molecule has 0 aromatic heterocycles. The zero-order valence-corrected chi connectivity index (χ0v) is 11.1. The SMILES string of the molecule is CN(CC(=O)N1CC[C@H]2CCCC[C@@H]2C1)C(N)=O. The van der Waals surface area contributed by atoms with Crippen molar-refractivity contribution >= 4 is 11.9 Å². The fraction of sp³-hybridized carbons (Fsp3) is 0.846. The van der Waals surface area contributed by atoms with Crippen molar-refractivity contribution in [1.82, 2.24) is 9.80 Å². The van der Waals surface area contributed by atoms with Crippen LogP contribution in [-0.2, 0) is 4.79 Å². The molecule has 2 N–H and O–H groups in total. The van der Waals surface area contributed by atoms with E-state index in [1.807, 2.05) is 4.90 Å². The zero-order valence-electron chi connectivity index (χ0n) is 11.1. The Morgan fingerprint density at radius 1 is 1.22 bits per heavy atom. The number of carbonyl (C=O) groups is 2. The predicted molar refractivity (Wildman–Crippen MR) is 68.9 cm³/mol. The van der Waals surface area contributed by atoms with Gasteiger partial charge < -0.3 is 15.5 Å². The lowest BCUT2D eigenvalue weighted by atomic mass is 9.75. The summed E-state index contributed by atoms with van der Waals surface area (Å²) >= 11 is 0. The van der Waals surface area contributed by atoms with Crippen LogP contribution in [0.25, 0.3) is 0 Å². The molecule has 0 unspecified atom stereocenters. The maximum absolute atomic E-state index is 12.1. The molecule has 5 heteroatoms. The summed E-state index contributed by atoms with van der Waals surface area (Å²) in [5.74, 6) is 1.52. The molecule has 2 rings (SSSR count). The molecule has 18 heavy (non-hydrogen) atoms. The molecular formula is C13H23N3O2. The van der Waals surface area contributed by atoms with Gasteiger partial charge in [0.1, 0.15) is 6.54 Å². The summed E-state index contributed by atoms with van der Waals surface area (Å²) in [6.45, 7) is 1.81. The summed E-state index contributed by atoms with van der Waals surface area (Å²) in [5.41, 5.74) is 5.14. The minimum atomic E-state index is -0.545. The lowest BCUT2D eigenvalue weighted by Gasteiger charge is -2.41. The van der Waals surface area contributed by atoms with Crippen LogP contribution in [0.1, 0.15) is 32.1 Å². The van der Waals surface area contributed by atoms with Crippen molar-refractivity contribution in [3.8, 4) is 0 Å². The molecule has 1 aliphatic heterocycles. The van der Waals surface area contributed by atoms with Gasteiger partial charge in [-0.15, -0.1) is 0 Å². The number of primary amides is 1. The van der Waals surface area contributed by atoms with Crippen molar-refractivity contribution in [1.29, 1.82) is 0 Å². The molecule has 1 heterocycles. The highest BCUT2D eigenvalue weighted by Crippen LogP contribution is 2.35. The molecule has 2 atom stereocenters. The summed E-state index contributed by atoms with van der Waals surface area (Å²) in [7, 11) is 1.56. The molecule has 1 saturated heterocycles. The number of hydrogen-bond acceptors (Lipinski definition) is 2. The van der Waals surface area contributed by atoms with Gasteiger partial charge in [0.15, 0.2) is 0 Å². The fourth-order valence-corrected chi connectivity index (χ4v) is 3.21. The first-order chi connectivity index (χ1) is 8.58. The maximum atomic E-state index is 12.1. The highest BCUT2D eigenvalue weighted by atomic mass is 16.2. The average Bonchev–Trinajstić information content (AvgIpc) is 2.37. The first-order valence-electron chi connectivity index (χ1n) is 6.86. The normalized spacial score (nSPS) is 27.5. The van der Waals surface area contributed by atoms with Crippen molar-refractivity contribution in [2.24, 2.45) is 17.6 Å². The number of carbonyl (C=O) groups excluding carboxylic acids is 2. The van der Waals surface area contributed by atoms with Crippen LogP contribution >= 0.6 is 0 Å². The molecule has 1 saturated carbocycles. The quantitative estimate of drug-likeness (QED) is 0.799. The molecule has 0 bridgehead atoms. The number of hydrogen-bond donors (Lipinski definition) is 1. The van der Waals surface area contributed by atoms with Gasteiger partial charge in [-0.1, -0.05) is 19.3 Å². The number of likely N-dealkylation sites (N-methyl/N-ethyl adjacent to an activating group) is 1. The Hall–Kier alpha value is -1.26. The van der Waals surface area contributed by atoms with E-state index in [0.717, 1.165) is 25.4 Å². The first-order valence-corrected chi connectivity index (χ1v) is 6.86. The Bertz CT molecular complexity index is 332. The second-order valence-corrected chi connectivity index (χ2v) is 5.63. The molecular weight excluding hydrogens is 230 g/mol. The van der Waals surface area contributed by atoms with Gasteiger partial charge in [-0.05, 0) is 24.7 Å². The number of piperidine rings is 1. The standard InChI is InChI=1S/C13H23N3O2/c1-15(13(14)18)9-12(17)16-7-6-10-4-2-3-5-11(10)8-16/h10-11H,2-9H2,1H3,(H2,14,18)/t10-,11-/m1/s1. The van der Waals surface area contributed by atoms with E-state index in [1.54, 1.807) is 7.05 Å². The van der Waals surface area contributed by atoms with Crippen molar-refractivity contribution in [3.05, 3.63) is 0 Å². The van der Waals surface area contributed by atoms with Gasteiger partial charge in [-0.2, -0.15) is 0 Å². The van der Waals surface area contributed by atoms with E-state index < -0.39 is 6.03 Å². The molecule has 0 aromatic rings. The molecule has 0 radical (unpaired) electrons. The minimum Gasteiger partial charge on any atom is -0.351 e. The zero-order chi connectivity index (χ0) is 13.1. The van der Waals surface area contributed by atoms with Crippen LogP contribution in [0, 0.1) is 11.8 Å². The van der Waals surface area contributed by atoms with E-state index in [-0.39, 0.29) is 12.5 Å². The largest absolute Gasteiger partial charge is 0.351 e. The Morgan fingerprint density at radius 3 is 2.56 bits per heavy atom. The molecule has 2 fully saturated rings. The van der Waals surface area contributed by atoms with Gasteiger partial charge >= 0.3 is 6.03 Å². The van der Waals surface area contributed by atoms with E-state index in [0.29, 0.717) is 5.92 Å². The van der Waals surface area contributed by atoms with Crippen molar-refractivity contribution in [3.63, 3.8) is 0 Å². The molecule has 0 aromatic carbocycles. The van der Waals surface area contributed by atoms with Crippen molar-refractivity contribution in [2.45, 2.75) is 32.1 Å². The number of nitrogens with zero attached hydrogens (tertiary/aromatic N) is 2. The number of rotatable bonds is 2. The van der Waals surface area contributed by atoms with Gasteiger partial charge in [-0.25, -0.2) is 4.79 Å². The Labute approximate surface area is 108 Å². The van der Waals surface area contributed by atoms with Gasteiger partial charge in [0, 0.05) is 20.1 Å². The number of amides is 3. The molecule has 2 aliphatic rings. The number of fused-ring (bicyclic) bond motifs is 1. The lowest BCUT2D eigenvalue weighted by molar-refractivity contribution is -0.134. The average molecular weight is 253 g/mol. The van der Waals surface area contributed by atoms with Crippen LogP contribution in [0.4, 0.5) is 4.79 Å². The van der Waals surface area contributed by atoms with E-state index in [1.165, 1.54) is 30.6 Å². The third kappa shape index (κ3) is 2.94. The number of urea groups is 1. The predicted octanol–water partition coefficient (Wildman–Crippen LogP) is 1.04. The summed E-state index contributed by atoms with van der Waals surface area (Å²) in [4.78, 5) is 26.2. The van der Waals surface area contributed by atoms with E-state index in [9.17, 15) is 9.59 Å². The first kappa shape index (κ1) is 13.2. The fourth-order valence-electron chi connectivity index (χ4n) is 3.21. The Kier molecular flexibility index (Phi) is 4.09. The van der Waals surface area contributed by atoms with Gasteiger partial charge in [0.2, 0.25) is 5.91 Å². The highest BCUT2D eigenvalue weighted by Gasteiger charge is 2.33. The maximum Gasteiger partial charge on any atom is 0.314 e. The van der Waals surface area contributed by atoms with Crippen LogP contribution in [0.3, 0.4) is 0 Å². The molecule has 1 aliphatic carbocycles. The summed E-state index contributed by atoms with van der Waals surface area (Å²) in [6.07, 6.45) is 6.34. The van der Waals surface area contributed by atoms with Crippen LogP contribution in [0.5, 0.6) is 0 Å². The van der Waals surface area contributed by atoms with Crippen LogP contribution in [-0.4, -0.2) is 48.4 Å². The third-order valence-corrected chi connectivity index (χ3v) is 4.39. The van der Waals surface area contributed by atoms with Gasteiger partial charge in [0.25, 0.3) is 0 Å². The molecule has 3 amide bonds. The number of nitrogens with two attached hydrogens (primary N) is 1. The van der Waals surface area contributed by atoms with Crippen LogP contribution < -0.4 is 5.73 Å². The number of likely N-dealkylation sites (tertiary alicyclic amines) is 1. The highest BCUT2D eigenvalue weighted by molar-refractivity contribution is 5.83. The van der Waals surface area contributed by atoms with E-state index >= 15 is 0 Å². The van der Waals surface area contributed by atoms with E-state index in [2.05, 4.69) is 0 Å². The minimum absolute atomic E-state index is 0.0281. The molecule has 5 nitrogen and oxygen atoms in total. The van der Waals surface area contributed by atoms with Gasteiger partial charge in [-0.3, -0.25) is 4.79 Å². The van der Waals surface area contributed by atoms with Crippen molar-refractivity contribution in [2.75, 3.05) is 26.7 Å². The third-order valence-electron chi connectivity index (χ3n) is 4.39. The van der Waals surface area contributed by atoms with Crippen LogP contribution in [0.15, 0.2) is 0 Å². The summed E-state index contributed by atoms with van der Waals surface area (Å²) < 4.78 is 0. The summed E-state index contributed by atoms with van der Waals surface area (Å²) in [5, 5.41) is 0. The smallest absolute Gasteiger partial charge is 0.314 e. The lowest BCUT2D eigenvalue weighted by Crippen LogP contribution is -2.49. The Balaban J connectivity index is 1.86. The topological polar surface area (TPSA) is 66.6 Å². The second-order valence-electron chi connectivity index (χ2n) is 5.63. The molecule has 102 valence electrons. The van der Waals surface area contributed by atoms with Crippen LogP contribution in [0.2, 0.25) is 0 Å². The molecule has 0 spiro atoms.